The normalized spacial score (nSPS) is 26.1. The molecule has 3 nitrogen and oxygen atoms in total. The van der Waals surface area contributed by atoms with Crippen LogP contribution < -0.4 is 4.74 Å². The number of hydrogen-bond donors (Lipinski definition) is 0. The summed E-state index contributed by atoms with van der Waals surface area (Å²) < 4.78 is 63.8. The Kier molecular flexibility index (Phi) is 4.40. The first-order valence-electron chi connectivity index (χ1n) is 9.32. The number of rotatable bonds is 5. The van der Waals surface area contributed by atoms with Crippen LogP contribution >= 0.6 is 0 Å². The third kappa shape index (κ3) is 3.16. The van der Waals surface area contributed by atoms with Gasteiger partial charge in [-0.15, -0.1) is 0 Å². The van der Waals surface area contributed by atoms with Gasteiger partial charge in [-0.05, 0) is 36.2 Å². The van der Waals surface area contributed by atoms with E-state index in [9.17, 15) is 22.4 Å². The van der Waals surface area contributed by atoms with E-state index in [1.54, 1.807) is 43.3 Å². The zero-order valence-electron chi connectivity index (χ0n) is 16.0. The molecule has 29 heavy (non-hydrogen) atoms. The van der Waals surface area contributed by atoms with Gasteiger partial charge in [0.25, 0.3) is 0 Å². The summed E-state index contributed by atoms with van der Waals surface area (Å²) in [6.45, 7) is 1.64. The molecule has 3 aliphatic rings. The number of carbonyl (C=O) groups is 1. The maximum atomic E-state index is 14.6. The summed E-state index contributed by atoms with van der Waals surface area (Å²) in [5, 5.41) is 0. The van der Waals surface area contributed by atoms with Gasteiger partial charge in [-0.25, -0.2) is 4.39 Å². The molecule has 0 aromatic heterocycles. The van der Waals surface area contributed by atoms with Crippen molar-refractivity contribution in [2.75, 3.05) is 7.11 Å². The summed E-state index contributed by atoms with van der Waals surface area (Å²) in [5.41, 5.74) is -0.789. The van der Waals surface area contributed by atoms with Crippen molar-refractivity contribution in [2.45, 2.75) is 43.9 Å². The highest BCUT2D eigenvalue weighted by Gasteiger charge is 2.80. The molecule has 2 aromatic rings. The average molecular weight is 408 g/mol. The van der Waals surface area contributed by atoms with Crippen molar-refractivity contribution >= 4 is 5.97 Å². The summed E-state index contributed by atoms with van der Waals surface area (Å²) in [6.07, 6.45) is -4.17. The Labute approximate surface area is 165 Å². The maximum absolute atomic E-state index is 14.6. The molecule has 2 bridgehead atoms. The van der Waals surface area contributed by atoms with Gasteiger partial charge in [0.1, 0.15) is 17.2 Å². The molecule has 3 saturated carbocycles. The van der Waals surface area contributed by atoms with E-state index in [-0.39, 0.29) is 19.3 Å². The van der Waals surface area contributed by atoms with Gasteiger partial charge in [0.15, 0.2) is 0 Å². The first-order chi connectivity index (χ1) is 13.6. The van der Waals surface area contributed by atoms with Crippen molar-refractivity contribution < 1.29 is 31.8 Å². The minimum Gasteiger partial charge on any atom is -0.487 e. The Balaban J connectivity index is 1.45. The largest absolute Gasteiger partial charge is 0.487 e. The zero-order chi connectivity index (χ0) is 21.0. The van der Waals surface area contributed by atoms with Gasteiger partial charge >= 0.3 is 12.1 Å². The van der Waals surface area contributed by atoms with E-state index in [4.69, 9.17) is 4.74 Å². The molecular weight excluding hydrogens is 388 g/mol. The topological polar surface area (TPSA) is 35.5 Å². The molecule has 3 aliphatic carbocycles. The summed E-state index contributed by atoms with van der Waals surface area (Å²) in [6, 6.07) is 11.2. The van der Waals surface area contributed by atoms with E-state index in [0.717, 1.165) is 0 Å². The fourth-order valence-electron chi connectivity index (χ4n) is 4.40. The van der Waals surface area contributed by atoms with Crippen LogP contribution in [-0.2, 0) is 9.53 Å². The molecule has 5 rings (SSSR count). The highest BCUT2D eigenvalue weighted by molar-refractivity contribution is 5.78. The molecule has 0 amide bonds. The molecule has 0 saturated heterocycles. The molecule has 0 heterocycles. The van der Waals surface area contributed by atoms with Crippen molar-refractivity contribution in [1.29, 1.82) is 0 Å². The van der Waals surface area contributed by atoms with Crippen LogP contribution in [0.15, 0.2) is 42.5 Å². The molecule has 0 radical (unpaired) electrons. The quantitative estimate of drug-likeness (QED) is 0.475. The van der Waals surface area contributed by atoms with Crippen LogP contribution in [0, 0.1) is 11.2 Å². The standard InChI is InChI=1S/C22H20F4O3/c1-13(19(27)28-2)15-5-8-17(18(23)9-15)14-3-6-16(7-4-14)29-21-10-20(11-21,12-21)22(24,25)26/h3-9,13H,10-12H2,1-2H3/t13-,20?,21?/m1/s1. The second kappa shape index (κ2) is 6.47. The second-order valence-electron chi connectivity index (χ2n) is 8.10. The van der Waals surface area contributed by atoms with Crippen LogP contribution in [0.25, 0.3) is 11.1 Å². The number of methoxy groups -OCH3 is 1. The lowest BCUT2D eigenvalue weighted by Gasteiger charge is -2.69. The number of benzene rings is 2. The van der Waals surface area contributed by atoms with Gasteiger partial charge in [-0.2, -0.15) is 13.2 Å². The van der Waals surface area contributed by atoms with Crippen LogP contribution in [0.4, 0.5) is 17.6 Å². The Bertz CT molecular complexity index is 930. The molecule has 0 spiro atoms. The number of carbonyl (C=O) groups excluding carboxylic acids is 1. The first kappa shape index (κ1) is 19.7. The average Bonchev–Trinajstić information content (AvgIpc) is 2.61. The minimum absolute atomic E-state index is 0.000277. The Morgan fingerprint density at radius 3 is 2.21 bits per heavy atom. The SMILES string of the molecule is COC(=O)[C@H](C)c1ccc(-c2ccc(OC34CC(C(F)(F)F)(C3)C4)cc2)c(F)c1. The van der Waals surface area contributed by atoms with Crippen molar-refractivity contribution in [3.63, 3.8) is 0 Å². The summed E-state index contributed by atoms with van der Waals surface area (Å²) >= 11 is 0. The number of halogens is 4. The Morgan fingerprint density at radius 1 is 1.07 bits per heavy atom. The van der Waals surface area contributed by atoms with E-state index >= 15 is 0 Å². The van der Waals surface area contributed by atoms with Crippen LogP contribution in [0.2, 0.25) is 0 Å². The van der Waals surface area contributed by atoms with Gasteiger partial charge in [-0.3, -0.25) is 4.79 Å². The zero-order valence-corrected chi connectivity index (χ0v) is 16.0. The fourth-order valence-corrected chi connectivity index (χ4v) is 4.40. The lowest BCUT2D eigenvalue weighted by molar-refractivity contribution is -0.373. The van der Waals surface area contributed by atoms with Crippen molar-refractivity contribution in [3.05, 3.63) is 53.8 Å². The van der Waals surface area contributed by atoms with Crippen molar-refractivity contribution in [3.8, 4) is 16.9 Å². The molecule has 1 atom stereocenters. The molecule has 0 aliphatic heterocycles. The van der Waals surface area contributed by atoms with Gasteiger partial charge in [0.2, 0.25) is 0 Å². The minimum atomic E-state index is -4.17. The lowest BCUT2D eigenvalue weighted by atomic mass is 9.40. The van der Waals surface area contributed by atoms with E-state index in [0.29, 0.717) is 22.4 Å². The third-order valence-electron chi connectivity index (χ3n) is 6.13. The number of hydrogen-bond acceptors (Lipinski definition) is 3. The van der Waals surface area contributed by atoms with Gasteiger partial charge in [0.05, 0.1) is 18.4 Å². The number of alkyl halides is 3. The molecule has 0 unspecified atom stereocenters. The Hall–Kier alpha value is -2.57. The lowest BCUT2D eigenvalue weighted by Crippen LogP contribution is -2.74. The van der Waals surface area contributed by atoms with Crippen LogP contribution in [0.5, 0.6) is 5.75 Å². The highest BCUT2D eigenvalue weighted by Crippen LogP contribution is 2.74. The fraction of sp³-hybridized carbons (Fsp3) is 0.409. The molecular formula is C22H20F4O3. The second-order valence-corrected chi connectivity index (χ2v) is 8.10. The van der Waals surface area contributed by atoms with Crippen molar-refractivity contribution in [2.24, 2.45) is 5.41 Å². The van der Waals surface area contributed by atoms with Gasteiger partial charge < -0.3 is 9.47 Å². The Morgan fingerprint density at radius 2 is 1.69 bits per heavy atom. The van der Waals surface area contributed by atoms with Crippen LogP contribution in [-0.4, -0.2) is 24.9 Å². The first-order valence-corrected chi connectivity index (χ1v) is 9.32. The third-order valence-corrected chi connectivity index (χ3v) is 6.13. The summed E-state index contributed by atoms with van der Waals surface area (Å²) in [7, 11) is 1.28. The number of ether oxygens (including phenoxy) is 2. The number of esters is 1. The molecule has 154 valence electrons. The monoisotopic (exact) mass is 408 g/mol. The van der Waals surface area contributed by atoms with E-state index in [1.165, 1.54) is 13.2 Å². The van der Waals surface area contributed by atoms with Gasteiger partial charge in [0, 0.05) is 24.8 Å². The molecule has 3 fully saturated rings. The van der Waals surface area contributed by atoms with Crippen molar-refractivity contribution in [1.82, 2.24) is 0 Å². The van der Waals surface area contributed by atoms with Crippen LogP contribution in [0.1, 0.15) is 37.7 Å². The highest BCUT2D eigenvalue weighted by atomic mass is 19.4. The van der Waals surface area contributed by atoms with Gasteiger partial charge in [-0.1, -0.05) is 24.3 Å². The molecule has 0 N–H and O–H groups in total. The molecule has 2 aromatic carbocycles. The summed E-state index contributed by atoms with van der Waals surface area (Å²) in [4.78, 5) is 11.6. The maximum Gasteiger partial charge on any atom is 0.394 e. The van der Waals surface area contributed by atoms with E-state index < -0.39 is 34.9 Å². The predicted molar refractivity (Wildman–Crippen MR) is 98.0 cm³/mol. The van der Waals surface area contributed by atoms with Crippen LogP contribution in [0.3, 0.4) is 0 Å². The molecule has 7 heteroatoms. The predicted octanol–water partition coefficient (Wildman–Crippen LogP) is 5.63. The van der Waals surface area contributed by atoms with E-state index in [2.05, 4.69) is 4.74 Å². The summed E-state index contributed by atoms with van der Waals surface area (Å²) in [5.74, 6) is -1.02. The smallest absolute Gasteiger partial charge is 0.394 e. The van der Waals surface area contributed by atoms with E-state index in [1.807, 2.05) is 0 Å².